The van der Waals surface area contributed by atoms with Crippen LogP contribution < -0.4 is 15.8 Å². The van der Waals surface area contributed by atoms with Crippen molar-refractivity contribution in [1.82, 2.24) is 0 Å². The summed E-state index contributed by atoms with van der Waals surface area (Å²) in [5.74, 6) is 0.470. The normalized spacial score (nSPS) is 22.0. The first kappa shape index (κ1) is 16.7. The van der Waals surface area contributed by atoms with Crippen LogP contribution in [0.15, 0.2) is 28.4 Å². The van der Waals surface area contributed by atoms with Crippen LogP contribution in [0, 0.1) is 0 Å². The maximum Gasteiger partial charge on any atom is 0.116 e. The van der Waals surface area contributed by atoms with E-state index in [-0.39, 0.29) is 6.04 Å². The van der Waals surface area contributed by atoms with Gasteiger partial charge >= 0.3 is 0 Å². The lowest BCUT2D eigenvalue weighted by molar-refractivity contribution is 0.646. The maximum atomic E-state index is 4.65. The van der Waals surface area contributed by atoms with Crippen LogP contribution in [0.25, 0.3) is 22.9 Å². The van der Waals surface area contributed by atoms with Gasteiger partial charge in [-0.15, -0.1) is 0 Å². The molecule has 0 fully saturated rings. The Hall–Kier alpha value is -2.16. The van der Waals surface area contributed by atoms with Crippen molar-refractivity contribution >= 4 is 34.3 Å². The number of nitrogens with one attached hydrogen (secondary N) is 1. The van der Waals surface area contributed by atoms with Gasteiger partial charge in [0.25, 0.3) is 0 Å². The largest absolute Gasteiger partial charge is 0.380 e. The van der Waals surface area contributed by atoms with E-state index in [1.54, 1.807) is 0 Å². The van der Waals surface area contributed by atoms with E-state index in [4.69, 9.17) is 0 Å². The van der Waals surface area contributed by atoms with Gasteiger partial charge in [0.2, 0.25) is 0 Å². The zero-order valence-corrected chi connectivity index (χ0v) is 15.5. The highest BCUT2D eigenvalue weighted by Gasteiger charge is 2.26. The van der Waals surface area contributed by atoms with E-state index < -0.39 is 0 Å². The van der Waals surface area contributed by atoms with E-state index in [0.29, 0.717) is 12.0 Å². The summed E-state index contributed by atoms with van der Waals surface area (Å²) in [6.07, 6.45) is 4.34. The van der Waals surface area contributed by atoms with Crippen LogP contribution in [-0.4, -0.2) is 12.1 Å². The lowest BCUT2D eigenvalue weighted by Crippen LogP contribution is -2.32. The Balaban J connectivity index is 2.54. The van der Waals surface area contributed by atoms with E-state index >= 15 is 0 Å². The Kier molecular flexibility index (Phi) is 4.44. The molecule has 3 rings (SSSR count). The number of nitrogens with zero attached hydrogens (tertiary/aromatic N) is 2. The molecule has 1 aliphatic heterocycles. The van der Waals surface area contributed by atoms with Gasteiger partial charge in [-0.3, -0.25) is 0 Å². The number of benzene rings is 2. The summed E-state index contributed by atoms with van der Waals surface area (Å²) in [6, 6.07) is 7.21. The van der Waals surface area contributed by atoms with E-state index in [1.165, 1.54) is 21.6 Å². The Morgan fingerprint density at radius 1 is 1.08 bits per heavy atom. The molecule has 0 saturated carbocycles. The molecule has 3 heteroatoms. The molecule has 126 valence electrons. The van der Waals surface area contributed by atoms with Crippen LogP contribution in [0.4, 0.5) is 11.4 Å². The molecule has 1 N–H and O–H groups in total. The first-order valence-corrected chi connectivity index (χ1v) is 8.88. The third-order valence-electron chi connectivity index (χ3n) is 5.00. The topological polar surface area (TPSA) is 36.8 Å². The number of rotatable bonds is 2. The zero-order valence-electron chi connectivity index (χ0n) is 15.5. The molecule has 0 aliphatic carbocycles. The van der Waals surface area contributed by atoms with Crippen molar-refractivity contribution in [2.75, 3.05) is 5.32 Å². The van der Waals surface area contributed by atoms with Crippen molar-refractivity contribution in [1.29, 1.82) is 0 Å². The van der Waals surface area contributed by atoms with Gasteiger partial charge in [0.15, 0.2) is 0 Å². The molecule has 2 atom stereocenters. The van der Waals surface area contributed by atoms with Gasteiger partial charge in [-0.2, -0.15) is 10.2 Å². The van der Waals surface area contributed by atoms with Crippen molar-refractivity contribution in [3.05, 3.63) is 34.2 Å². The summed E-state index contributed by atoms with van der Waals surface area (Å²) in [6.45, 7) is 12.8. The third-order valence-corrected chi connectivity index (χ3v) is 5.00. The molecule has 1 heterocycles. The molecule has 1 aliphatic rings. The zero-order chi connectivity index (χ0) is 17.4. The molecule has 0 amide bonds. The van der Waals surface area contributed by atoms with Crippen LogP contribution in [-0.2, 0) is 0 Å². The van der Waals surface area contributed by atoms with E-state index in [0.717, 1.165) is 16.6 Å². The first-order chi connectivity index (χ1) is 11.5. The van der Waals surface area contributed by atoms with Crippen molar-refractivity contribution in [3.8, 4) is 0 Å². The molecule has 0 aromatic heterocycles. The van der Waals surface area contributed by atoms with Crippen molar-refractivity contribution < 1.29 is 0 Å². The molecule has 0 bridgehead atoms. The molecular weight excluding hydrogens is 294 g/mol. The van der Waals surface area contributed by atoms with Gasteiger partial charge in [0.1, 0.15) is 5.69 Å². The van der Waals surface area contributed by atoms with Gasteiger partial charge in [0.05, 0.1) is 11.7 Å². The maximum absolute atomic E-state index is 4.65. The lowest BCUT2D eigenvalue weighted by Gasteiger charge is -2.32. The Morgan fingerprint density at radius 2 is 1.79 bits per heavy atom. The molecule has 2 unspecified atom stereocenters. The molecule has 0 saturated heterocycles. The molecular formula is C21H27N3. The summed E-state index contributed by atoms with van der Waals surface area (Å²) >= 11 is 0. The van der Waals surface area contributed by atoms with Crippen LogP contribution in [0.1, 0.15) is 53.0 Å². The SMILES string of the molecule is CC=c1/c(=C\C)c(N=NC(C)C)c2c3c(cccc13)C(C)C(C)N2. The van der Waals surface area contributed by atoms with Crippen LogP contribution in [0.2, 0.25) is 0 Å². The number of azo groups is 1. The second-order valence-corrected chi connectivity index (χ2v) is 6.93. The van der Waals surface area contributed by atoms with Crippen LogP contribution in [0.3, 0.4) is 0 Å². The monoisotopic (exact) mass is 321 g/mol. The molecule has 2 aromatic rings. The van der Waals surface area contributed by atoms with Gasteiger partial charge < -0.3 is 5.32 Å². The van der Waals surface area contributed by atoms with E-state index in [1.807, 2.05) is 0 Å². The molecule has 2 aromatic carbocycles. The molecule has 3 nitrogen and oxygen atoms in total. The van der Waals surface area contributed by atoms with Crippen molar-refractivity contribution in [2.45, 2.75) is 59.5 Å². The first-order valence-electron chi connectivity index (χ1n) is 8.88. The Morgan fingerprint density at radius 3 is 2.42 bits per heavy atom. The highest BCUT2D eigenvalue weighted by molar-refractivity contribution is 6.03. The minimum absolute atomic E-state index is 0.182. The standard InChI is InChI=1S/C21H27N3/c1-7-15-16(8-2)20(24-23-12(3)4)21-19-17(10-9-11-18(15)19)13(5)14(6)22-21/h7-14,22H,1-6H3/b15-7?,16-8+,24-23?. The number of anilines is 1. The van der Waals surface area contributed by atoms with Crippen LogP contribution in [0.5, 0.6) is 0 Å². The predicted octanol–water partition coefficient (Wildman–Crippen LogP) is 4.85. The van der Waals surface area contributed by atoms with Gasteiger partial charge in [-0.25, -0.2) is 0 Å². The lowest BCUT2D eigenvalue weighted by atomic mass is 9.84. The number of hydrogen-bond donors (Lipinski definition) is 1. The molecule has 0 spiro atoms. The molecule has 24 heavy (non-hydrogen) atoms. The van der Waals surface area contributed by atoms with Gasteiger partial charge in [-0.1, -0.05) is 37.3 Å². The summed E-state index contributed by atoms with van der Waals surface area (Å²) in [4.78, 5) is 0. The predicted molar refractivity (Wildman–Crippen MR) is 105 cm³/mol. The van der Waals surface area contributed by atoms with Crippen molar-refractivity contribution in [2.24, 2.45) is 10.2 Å². The highest BCUT2D eigenvalue weighted by atomic mass is 15.1. The summed E-state index contributed by atoms with van der Waals surface area (Å²) in [5, 5.41) is 17.8. The second-order valence-electron chi connectivity index (χ2n) is 6.93. The van der Waals surface area contributed by atoms with E-state index in [9.17, 15) is 0 Å². The summed E-state index contributed by atoms with van der Waals surface area (Å²) < 4.78 is 0. The highest BCUT2D eigenvalue weighted by Crippen LogP contribution is 2.41. The Labute approximate surface area is 144 Å². The van der Waals surface area contributed by atoms with Gasteiger partial charge in [0, 0.05) is 22.6 Å². The number of hydrogen-bond acceptors (Lipinski definition) is 3. The van der Waals surface area contributed by atoms with Crippen LogP contribution >= 0.6 is 0 Å². The third kappa shape index (κ3) is 2.52. The second kappa shape index (κ2) is 6.39. The van der Waals surface area contributed by atoms with Gasteiger partial charge in [-0.05, 0) is 50.8 Å². The quantitative estimate of drug-likeness (QED) is 0.789. The summed E-state index contributed by atoms with van der Waals surface area (Å²) in [5.41, 5.74) is 3.51. The molecule has 0 radical (unpaired) electrons. The Bertz CT molecular complexity index is 922. The van der Waals surface area contributed by atoms with E-state index in [2.05, 4.69) is 87.4 Å². The fourth-order valence-electron chi connectivity index (χ4n) is 3.62. The fourth-order valence-corrected chi connectivity index (χ4v) is 3.62. The average Bonchev–Trinajstić information content (AvgIpc) is 2.57. The van der Waals surface area contributed by atoms with Crippen molar-refractivity contribution in [3.63, 3.8) is 0 Å². The summed E-state index contributed by atoms with van der Waals surface area (Å²) in [7, 11) is 0. The smallest absolute Gasteiger partial charge is 0.116 e. The average molecular weight is 321 g/mol. The fraction of sp³-hybridized carbons (Fsp3) is 0.429. The minimum Gasteiger partial charge on any atom is -0.380 e. The minimum atomic E-state index is 0.182.